The maximum absolute atomic E-state index is 12.1. The Morgan fingerprint density at radius 2 is 2.00 bits per heavy atom. The summed E-state index contributed by atoms with van der Waals surface area (Å²) in [5.74, 6) is 0.671. The van der Waals surface area contributed by atoms with Crippen LogP contribution >= 0.6 is 23.1 Å². The van der Waals surface area contributed by atoms with Gasteiger partial charge in [-0.05, 0) is 25.5 Å². The zero-order chi connectivity index (χ0) is 17.4. The van der Waals surface area contributed by atoms with E-state index in [4.69, 9.17) is 0 Å². The summed E-state index contributed by atoms with van der Waals surface area (Å²) in [6.45, 7) is 4.01. The van der Waals surface area contributed by atoms with Crippen molar-refractivity contribution in [2.45, 2.75) is 32.1 Å². The topological polar surface area (TPSA) is 84.0 Å². The van der Waals surface area contributed by atoms with E-state index < -0.39 is 0 Å². The van der Waals surface area contributed by atoms with Gasteiger partial charge in [-0.25, -0.2) is 0 Å². The van der Waals surface area contributed by atoms with Crippen LogP contribution < -0.4 is 10.6 Å². The first-order chi connectivity index (χ1) is 11.6. The molecule has 0 radical (unpaired) electrons. The second-order valence-corrected chi connectivity index (χ2v) is 7.24. The van der Waals surface area contributed by atoms with Crippen molar-refractivity contribution in [2.75, 3.05) is 11.1 Å². The van der Waals surface area contributed by atoms with Crippen LogP contribution in [0.25, 0.3) is 0 Å². The van der Waals surface area contributed by atoms with Crippen LogP contribution in [0.15, 0.2) is 30.3 Å². The first-order valence-electron chi connectivity index (χ1n) is 7.64. The summed E-state index contributed by atoms with van der Waals surface area (Å²) in [5, 5.41) is 14.7. The monoisotopic (exact) mass is 364 g/mol. The van der Waals surface area contributed by atoms with Crippen LogP contribution in [0.2, 0.25) is 0 Å². The molecular formula is C16H20N4O2S2. The van der Waals surface area contributed by atoms with E-state index in [0.717, 1.165) is 17.1 Å². The van der Waals surface area contributed by atoms with Crippen molar-refractivity contribution in [3.05, 3.63) is 40.3 Å². The number of aromatic nitrogens is 2. The summed E-state index contributed by atoms with van der Waals surface area (Å²) in [6.07, 6.45) is 0.909. The number of carbonyl (C=O) groups is 2. The van der Waals surface area contributed by atoms with Gasteiger partial charge in [0.25, 0.3) is 5.91 Å². The van der Waals surface area contributed by atoms with E-state index in [1.807, 2.05) is 44.2 Å². The molecule has 0 fully saturated rings. The van der Waals surface area contributed by atoms with Crippen LogP contribution in [-0.2, 0) is 10.5 Å². The summed E-state index contributed by atoms with van der Waals surface area (Å²) in [5.41, 5.74) is 0.718. The maximum Gasteiger partial charge on any atom is 0.286 e. The molecule has 2 rings (SSSR count). The van der Waals surface area contributed by atoms with E-state index in [2.05, 4.69) is 20.8 Å². The zero-order valence-corrected chi connectivity index (χ0v) is 15.2. The van der Waals surface area contributed by atoms with Crippen LogP contribution in [0, 0.1) is 0 Å². The van der Waals surface area contributed by atoms with Crippen molar-refractivity contribution in [3.8, 4) is 0 Å². The molecule has 2 aromatic rings. The second-order valence-electron chi connectivity index (χ2n) is 5.19. The highest BCUT2D eigenvalue weighted by molar-refractivity contribution is 7.99. The molecule has 1 aromatic carbocycles. The molecule has 0 spiro atoms. The largest absolute Gasteiger partial charge is 0.353 e. The standard InChI is InChI=1S/C16H20N4O2S2/c1-3-11(2)17-13(21)9-23-10-14-19-20-16(24-14)15(22)18-12-7-5-4-6-8-12/h4-8,11H,3,9-10H2,1-2H3,(H,17,21)(H,18,22). The summed E-state index contributed by atoms with van der Waals surface area (Å²) < 4.78 is 0. The van der Waals surface area contributed by atoms with Crippen molar-refractivity contribution >= 4 is 40.6 Å². The molecule has 0 saturated heterocycles. The highest BCUT2D eigenvalue weighted by Gasteiger charge is 2.13. The molecule has 1 aromatic heterocycles. The second kappa shape index (κ2) is 9.39. The smallest absolute Gasteiger partial charge is 0.286 e. The number of nitrogens with zero attached hydrogens (tertiary/aromatic N) is 2. The molecule has 1 heterocycles. The summed E-state index contributed by atoms with van der Waals surface area (Å²) >= 11 is 2.70. The first kappa shape index (κ1) is 18.4. The highest BCUT2D eigenvalue weighted by atomic mass is 32.2. The minimum Gasteiger partial charge on any atom is -0.353 e. The molecular weight excluding hydrogens is 344 g/mol. The Balaban J connectivity index is 1.78. The Bertz CT molecular complexity index is 676. The number of hydrogen-bond acceptors (Lipinski definition) is 6. The summed E-state index contributed by atoms with van der Waals surface area (Å²) in [4.78, 5) is 23.8. The Labute approximate surface area is 149 Å². The van der Waals surface area contributed by atoms with Crippen molar-refractivity contribution < 1.29 is 9.59 Å². The van der Waals surface area contributed by atoms with Crippen LogP contribution in [0.3, 0.4) is 0 Å². The van der Waals surface area contributed by atoms with Crippen molar-refractivity contribution in [1.82, 2.24) is 15.5 Å². The summed E-state index contributed by atoms with van der Waals surface area (Å²) in [6, 6.07) is 9.39. The van der Waals surface area contributed by atoms with Gasteiger partial charge >= 0.3 is 0 Å². The van der Waals surface area contributed by atoms with E-state index in [-0.39, 0.29) is 17.9 Å². The van der Waals surface area contributed by atoms with Crippen molar-refractivity contribution in [3.63, 3.8) is 0 Å². The minimum absolute atomic E-state index is 0.0147. The number of carbonyl (C=O) groups excluding carboxylic acids is 2. The predicted octanol–water partition coefficient (Wildman–Crippen LogP) is 2.94. The molecule has 1 unspecified atom stereocenters. The van der Waals surface area contributed by atoms with E-state index >= 15 is 0 Å². The highest BCUT2D eigenvalue weighted by Crippen LogP contribution is 2.18. The molecule has 0 aliphatic heterocycles. The molecule has 0 aliphatic carbocycles. The molecule has 24 heavy (non-hydrogen) atoms. The zero-order valence-electron chi connectivity index (χ0n) is 13.6. The minimum atomic E-state index is -0.274. The Morgan fingerprint density at radius 1 is 1.25 bits per heavy atom. The van der Waals surface area contributed by atoms with Gasteiger partial charge in [-0.1, -0.05) is 36.5 Å². The normalized spacial score (nSPS) is 11.8. The number of rotatable bonds is 8. The summed E-state index contributed by atoms with van der Waals surface area (Å²) in [7, 11) is 0. The molecule has 2 amide bonds. The third kappa shape index (κ3) is 5.93. The fourth-order valence-corrected chi connectivity index (χ4v) is 3.38. The van der Waals surface area contributed by atoms with Gasteiger partial charge in [0.05, 0.1) is 5.75 Å². The number of para-hydroxylation sites is 1. The van der Waals surface area contributed by atoms with Crippen molar-refractivity contribution in [1.29, 1.82) is 0 Å². The quantitative estimate of drug-likeness (QED) is 0.752. The van der Waals surface area contributed by atoms with Gasteiger partial charge in [0, 0.05) is 17.5 Å². The Hall–Kier alpha value is -1.93. The van der Waals surface area contributed by atoms with Crippen LogP contribution in [-0.4, -0.2) is 33.8 Å². The average Bonchev–Trinajstić information content (AvgIpc) is 3.04. The fourth-order valence-electron chi connectivity index (χ4n) is 1.76. The van der Waals surface area contributed by atoms with E-state index in [1.165, 1.54) is 23.1 Å². The number of hydrogen-bond donors (Lipinski definition) is 2. The lowest BCUT2D eigenvalue weighted by Gasteiger charge is -2.10. The first-order valence-corrected chi connectivity index (χ1v) is 9.61. The van der Waals surface area contributed by atoms with Crippen LogP contribution in [0.5, 0.6) is 0 Å². The molecule has 0 aliphatic rings. The molecule has 1 atom stereocenters. The van der Waals surface area contributed by atoms with E-state index in [1.54, 1.807) is 0 Å². The van der Waals surface area contributed by atoms with Gasteiger partial charge in [-0.3, -0.25) is 9.59 Å². The lowest BCUT2D eigenvalue weighted by atomic mass is 10.3. The van der Waals surface area contributed by atoms with Crippen LogP contribution in [0.1, 0.15) is 35.1 Å². The molecule has 0 saturated carbocycles. The van der Waals surface area contributed by atoms with Gasteiger partial charge in [-0.15, -0.1) is 22.0 Å². The molecule has 128 valence electrons. The van der Waals surface area contributed by atoms with E-state index in [0.29, 0.717) is 16.5 Å². The third-order valence-corrected chi connectivity index (χ3v) is 5.22. The lowest BCUT2D eigenvalue weighted by Crippen LogP contribution is -2.33. The lowest BCUT2D eigenvalue weighted by molar-refractivity contribution is -0.119. The van der Waals surface area contributed by atoms with E-state index in [9.17, 15) is 9.59 Å². The maximum atomic E-state index is 12.1. The Morgan fingerprint density at radius 3 is 2.71 bits per heavy atom. The number of thioether (sulfide) groups is 1. The molecule has 2 N–H and O–H groups in total. The SMILES string of the molecule is CCC(C)NC(=O)CSCc1nnc(C(=O)Nc2ccccc2)s1. The number of anilines is 1. The van der Waals surface area contributed by atoms with Gasteiger partial charge in [0.2, 0.25) is 10.9 Å². The average molecular weight is 364 g/mol. The molecule has 8 heteroatoms. The number of nitrogens with one attached hydrogen (secondary N) is 2. The van der Waals surface area contributed by atoms with Gasteiger partial charge < -0.3 is 10.6 Å². The fraction of sp³-hybridized carbons (Fsp3) is 0.375. The number of amides is 2. The molecule has 6 nitrogen and oxygen atoms in total. The Kier molecular flexibility index (Phi) is 7.20. The van der Waals surface area contributed by atoms with Gasteiger partial charge in [-0.2, -0.15) is 0 Å². The van der Waals surface area contributed by atoms with Crippen LogP contribution in [0.4, 0.5) is 5.69 Å². The predicted molar refractivity (Wildman–Crippen MR) is 98.4 cm³/mol. The van der Waals surface area contributed by atoms with Gasteiger partial charge in [0.1, 0.15) is 5.01 Å². The molecule has 0 bridgehead atoms. The van der Waals surface area contributed by atoms with Gasteiger partial charge in [0.15, 0.2) is 0 Å². The number of benzene rings is 1. The third-order valence-electron chi connectivity index (χ3n) is 3.17. The van der Waals surface area contributed by atoms with Crippen molar-refractivity contribution in [2.24, 2.45) is 0 Å².